The van der Waals surface area contributed by atoms with Gasteiger partial charge in [0.25, 0.3) is 0 Å². The summed E-state index contributed by atoms with van der Waals surface area (Å²) in [5, 5.41) is 3.12. The minimum atomic E-state index is -2.81. The number of fused-ring (bicyclic) bond motifs is 1. The van der Waals surface area contributed by atoms with Gasteiger partial charge >= 0.3 is 6.09 Å². The molecule has 3 rings (SSSR count). The number of para-hydroxylation sites is 1. The lowest BCUT2D eigenvalue weighted by Gasteiger charge is -2.20. The van der Waals surface area contributed by atoms with E-state index in [1.807, 2.05) is 24.3 Å². The maximum absolute atomic E-state index is 12.7. The van der Waals surface area contributed by atoms with Crippen LogP contribution < -0.4 is 14.8 Å². The van der Waals surface area contributed by atoms with Gasteiger partial charge in [-0.05, 0) is 43.5 Å². The monoisotopic (exact) mass is 485 g/mol. The zero-order valence-corrected chi connectivity index (χ0v) is 20.1. The van der Waals surface area contributed by atoms with Crippen molar-refractivity contribution < 1.29 is 23.2 Å². The van der Waals surface area contributed by atoms with Gasteiger partial charge in [0.2, 0.25) is 5.96 Å². The van der Waals surface area contributed by atoms with Gasteiger partial charge in [-0.3, -0.25) is 4.99 Å². The van der Waals surface area contributed by atoms with Crippen LogP contribution in [-0.4, -0.2) is 61.9 Å². The van der Waals surface area contributed by atoms with Gasteiger partial charge in [-0.15, -0.1) is 4.36 Å². The van der Waals surface area contributed by atoms with E-state index in [2.05, 4.69) is 31.4 Å². The Bertz CT molecular complexity index is 1250. The van der Waals surface area contributed by atoms with Gasteiger partial charge in [0, 0.05) is 19.0 Å². The molecule has 1 aliphatic rings. The first-order valence-electron chi connectivity index (χ1n) is 10.5. The Labute approximate surface area is 199 Å². The van der Waals surface area contributed by atoms with Crippen molar-refractivity contribution in [1.82, 2.24) is 0 Å². The molecule has 1 aliphatic heterocycles. The molecule has 2 aromatic rings. The fraction of sp³-hybridized carbons (Fsp3) is 0.304. The molecule has 1 atom stereocenters. The highest BCUT2D eigenvalue weighted by Crippen LogP contribution is 2.34. The molecule has 1 unspecified atom stereocenters. The van der Waals surface area contributed by atoms with Crippen LogP contribution in [0.3, 0.4) is 0 Å². The van der Waals surface area contributed by atoms with Crippen molar-refractivity contribution in [3.8, 4) is 11.5 Å². The number of nitrogens with zero attached hydrogens (tertiary/aromatic N) is 4. The molecular weight excluding hydrogens is 458 g/mol. The highest BCUT2D eigenvalue weighted by molar-refractivity contribution is 7.92. The molecule has 10 nitrogen and oxygen atoms in total. The van der Waals surface area contributed by atoms with Crippen LogP contribution in [0.15, 0.2) is 61.8 Å². The summed E-state index contributed by atoms with van der Waals surface area (Å²) in [6, 6.07) is 12.6. The van der Waals surface area contributed by atoms with Crippen molar-refractivity contribution in [3.05, 3.63) is 53.6 Å². The van der Waals surface area contributed by atoms with Crippen LogP contribution in [0.1, 0.15) is 18.1 Å². The largest absolute Gasteiger partial charge is 0.486 e. The van der Waals surface area contributed by atoms with Crippen LogP contribution in [0.2, 0.25) is 0 Å². The number of amides is 1. The SMILES string of the molecule is C=NC(=NC(=NC)Nc1cccc(CS(C)(=O)=NC(=O)OCC)c1)c1cccc2c1OCCO2. The summed E-state index contributed by atoms with van der Waals surface area (Å²) in [5.74, 6) is 1.85. The van der Waals surface area contributed by atoms with Crippen LogP contribution in [0.25, 0.3) is 0 Å². The molecule has 0 bridgehead atoms. The first-order valence-corrected chi connectivity index (χ1v) is 12.6. The van der Waals surface area contributed by atoms with Gasteiger partial charge in [0.05, 0.1) is 27.7 Å². The van der Waals surface area contributed by atoms with Crippen molar-refractivity contribution >= 4 is 40.0 Å². The molecule has 1 heterocycles. The third-order valence-electron chi connectivity index (χ3n) is 4.53. The second-order valence-electron chi connectivity index (χ2n) is 7.19. The Kier molecular flexibility index (Phi) is 8.36. The minimum absolute atomic E-state index is 0.0795. The van der Waals surface area contributed by atoms with E-state index < -0.39 is 15.8 Å². The molecule has 0 radical (unpaired) electrons. The lowest BCUT2D eigenvalue weighted by atomic mass is 10.1. The number of guanidine groups is 1. The molecule has 2 aromatic carbocycles. The summed E-state index contributed by atoms with van der Waals surface area (Å²) in [6.45, 7) is 6.37. The number of aliphatic imine (C=N–C) groups is 3. The Morgan fingerprint density at radius 2 is 1.97 bits per heavy atom. The number of anilines is 1. The summed E-state index contributed by atoms with van der Waals surface area (Å²) in [4.78, 5) is 24.4. The third kappa shape index (κ3) is 6.64. The van der Waals surface area contributed by atoms with E-state index in [1.165, 1.54) is 6.26 Å². The van der Waals surface area contributed by atoms with E-state index in [0.717, 1.165) is 5.56 Å². The van der Waals surface area contributed by atoms with Crippen LogP contribution in [0.4, 0.5) is 10.5 Å². The second-order valence-corrected chi connectivity index (χ2v) is 9.58. The van der Waals surface area contributed by atoms with E-state index in [-0.39, 0.29) is 18.3 Å². The lowest BCUT2D eigenvalue weighted by molar-refractivity contribution is 0.164. The van der Waals surface area contributed by atoms with E-state index in [9.17, 15) is 9.00 Å². The first kappa shape index (κ1) is 24.9. The molecular formula is C23H27N5O5S. The molecule has 0 saturated carbocycles. The number of hydrogen-bond acceptors (Lipinski definition) is 6. The standard InChI is InChI=1S/C23H27N5O5S/c1-5-31-23(29)28-34(4,30)15-16-8-6-9-17(14-16)26-22(25-3)27-21(24-2)18-10-7-11-19-20(18)33-13-12-32-19/h6-11,14H,2,5,12-13,15H2,1,3-4H3,(H,25,26). The summed E-state index contributed by atoms with van der Waals surface area (Å²) in [7, 11) is -1.22. The smallest absolute Gasteiger partial charge is 0.441 e. The zero-order chi connectivity index (χ0) is 24.6. The quantitative estimate of drug-likeness (QED) is 0.508. The number of carbonyl (C=O) groups excluding carboxylic acids is 1. The van der Waals surface area contributed by atoms with Crippen LogP contribution in [0.5, 0.6) is 11.5 Å². The average molecular weight is 486 g/mol. The Morgan fingerprint density at radius 1 is 1.21 bits per heavy atom. The van der Waals surface area contributed by atoms with Crippen molar-refractivity contribution in [3.63, 3.8) is 0 Å². The summed E-state index contributed by atoms with van der Waals surface area (Å²) >= 11 is 0. The van der Waals surface area contributed by atoms with Crippen molar-refractivity contribution in [2.24, 2.45) is 19.3 Å². The third-order valence-corrected chi connectivity index (χ3v) is 5.94. The van der Waals surface area contributed by atoms with Crippen molar-refractivity contribution in [2.75, 3.05) is 38.4 Å². The number of amidine groups is 1. The van der Waals surface area contributed by atoms with Crippen LogP contribution in [-0.2, 0) is 20.2 Å². The number of benzene rings is 2. The van der Waals surface area contributed by atoms with E-state index >= 15 is 0 Å². The van der Waals surface area contributed by atoms with Gasteiger partial charge < -0.3 is 19.5 Å². The van der Waals surface area contributed by atoms with Gasteiger partial charge in [-0.2, -0.15) is 4.99 Å². The number of rotatable bonds is 5. The zero-order valence-electron chi connectivity index (χ0n) is 19.3. The number of carbonyl (C=O) groups is 1. The number of nitrogens with one attached hydrogen (secondary N) is 1. The predicted octanol–water partition coefficient (Wildman–Crippen LogP) is 3.76. The molecule has 1 amide bonds. The first-order chi connectivity index (χ1) is 16.3. The fourth-order valence-electron chi connectivity index (χ4n) is 3.18. The molecule has 34 heavy (non-hydrogen) atoms. The maximum Gasteiger partial charge on any atom is 0.441 e. The molecule has 0 aromatic heterocycles. The van der Waals surface area contributed by atoms with Gasteiger partial charge in [-0.1, -0.05) is 18.2 Å². The fourth-order valence-corrected chi connectivity index (χ4v) is 4.41. The number of hydrogen-bond donors (Lipinski definition) is 1. The summed E-state index contributed by atoms with van der Waals surface area (Å²) < 4.78 is 32.5. The van der Waals surface area contributed by atoms with Gasteiger partial charge in [0.15, 0.2) is 17.3 Å². The molecule has 1 N–H and O–H groups in total. The molecule has 0 saturated heterocycles. The van der Waals surface area contributed by atoms with E-state index in [4.69, 9.17) is 14.2 Å². The highest BCUT2D eigenvalue weighted by atomic mass is 32.2. The lowest BCUT2D eigenvalue weighted by Crippen LogP contribution is -2.18. The highest BCUT2D eigenvalue weighted by Gasteiger charge is 2.19. The van der Waals surface area contributed by atoms with Crippen molar-refractivity contribution in [2.45, 2.75) is 12.7 Å². The van der Waals surface area contributed by atoms with E-state index in [0.29, 0.717) is 41.8 Å². The van der Waals surface area contributed by atoms with E-state index in [1.54, 1.807) is 32.2 Å². The normalized spacial score (nSPS) is 15.1. The summed E-state index contributed by atoms with van der Waals surface area (Å²) in [6.07, 6.45) is 0.586. The molecule has 0 fully saturated rings. The average Bonchev–Trinajstić information content (AvgIpc) is 2.81. The molecule has 180 valence electrons. The number of ether oxygens (including phenoxy) is 3. The second kappa shape index (κ2) is 11.4. The molecule has 0 aliphatic carbocycles. The van der Waals surface area contributed by atoms with Crippen LogP contribution in [0, 0.1) is 0 Å². The summed E-state index contributed by atoms with van der Waals surface area (Å²) in [5.41, 5.74) is 2.01. The molecule has 0 spiro atoms. The Balaban J connectivity index is 1.82. The molecule has 11 heteroatoms. The predicted molar refractivity (Wildman–Crippen MR) is 134 cm³/mol. The van der Waals surface area contributed by atoms with Crippen LogP contribution >= 0.6 is 0 Å². The van der Waals surface area contributed by atoms with Gasteiger partial charge in [0.1, 0.15) is 13.2 Å². The van der Waals surface area contributed by atoms with Gasteiger partial charge in [-0.25, -0.2) is 14.0 Å². The maximum atomic E-state index is 12.7. The van der Waals surface area contributed by atoms with Crippen molar-refractivity contribution in [1.29, 1.82) is 0 Å². The minimum Gasteiger partial charge on any atom is -0.486 e. The Hall–Kier alpha value is -3.73. The topological polar surface area (TPSA) is 123 Å². The Morgan fingerprint density at radius 3 is 2.71 bits per heavy atom.